The van der Waals surface area contributed by atoms with Gasteiger partial charge in [0.2, 0.25) is 0 Å². The fourth-order valence-electron chi connectivity index (χ4n) is 4.90. The molecule has 0 radical (unpaired) electrons. The molecule has 5 aromatic rings. The lowest BCUT2D eigenvalue weighted by Gasteiger charge is -2.19. The number of hydrogen-bond acceptors (Lipinski definition) is 3. The quantitative estimate of drug-likeness (QED) is 0.152. The molecule has 0 saturated carbocycles. The normalized spacial score (nSPS) is 12.3. The Morgan fingerprint density at radius 3 is 2.46 bits per heavy atom. The Balaban J connectivity index is 1.31. The molecule has 7 heteroatoms. The van der Waals surface area contributed by atoms with E-state index in [4.69, 9.17) is 0 Å². The number of pyridine rings is 1. The molecule has 2 aromatic heterocycles. The van der Waals surface area contributed by atoms with Crippen LogP contribution in [0.3, 0.4) is 0 Å². The van der Waals surface area contributed by atoms with Gasteiger partial charge in [-0.05, 0) is 53.9 Å². The van der Waals surface area contributed by atoms with E-state index >= 15 is 0 Å². The second-order valence-electron chi connectivity index (χ2n) is 9.42. The van der Waals surface area contributed by atoms with E-state index < -0.39 is 0 Å². The maximum Gasteiger partial charge on any atom is 0.191 e. The van der Waals surface area contributed by atoms with Crippen molar-refractivity contribution in [3.8, 4) is 0 Å². The van der Waals surface area contributed by atoms with Crippen molar-refractivity contribution in [2.75, 3.05) is 11.9 Å². The Labute approximate surface area is 233 Å². The fourth-order valence-corrected chi connectivity index (χ4v) is 6.29. The van der Waals surface area contributed by atoms with E-state index in [0.29, 0.717) is 5.39 Å². The summed E-state index contributed by atoms with van der Waals surface area (Å²) >= 11 is 7.22. The van der Waals surface area contributed by atoms with Crippen molar-refractivity contribution >= 4 is 59.5 Å². The second kappa shape index (κ2) is 11.7. The van der Waals surface area contributed by atoms with Crippen LogP contribution >= 0.6 is 31.9 Å². The number of rotatable bonds is 10. The highest BCUT2D eigenvalue weighted by Crippen LogP contribution is 2.25. The zero-order valence-electron chi connectivity index (χ0n) is 20.7. The second-order valence-corrected chi connectivity index (χ2v) is 11.2. The molecule has 0 aliphatic heterocycles. The van der Waals surface area contributed by atoms with Gasteiger partial charge in [0.05, 0.1) is 5.52 Å². The molecule has 3 aromatic carbocycles. The van der Waals surface area contributed by atoms with Crippen molar-refractivity contribution in [3.63, 3.8) is 0 Å². The molecule has 2 heterocycles. The molecule has 5 nitrogen and oxygen atoms in total. The Bertz CT molecular complexity index is 1570. The van der Waals surface area contributed by atoms with E-state index in [0.717, 1.165) is 52.8 Å². The monoisotopic (exact) mass is 620 g/mol. The number of benzene rings is 3. The summed E-state index contributed by atoms with van der Waals surface area (Å²) in [6.07, 6.45) is 4.38. The number of nitrogens with zero attached hydrogens (tertiary/aromatic N) is 1. The maximum absolute atomic E-state index is 12.5. The van der Waals surface area contributed by atoms with Crippen LogP contribution in [0.5, 0.6) is 0 Å². The molecular formula is C30H30Br2N4O. The summed E-state index contributed by atoms with van der Waals surface area (Å²) in [5.74, 6) is 0.753. The Morgan fingerprint density at radius 2 is 1.68 bits per heavy atom. The maximum atomic E-state index is 12.5. The molecule has 1 unspecified atom stereocenters. The first kappa shape index (κ1) is 25.8. The molecule has 0 fully saturated rings. The summed E-state index contributed by atoms with van der Waals surface area (Å²) in [7, 11) is 0. The van der Waals surface area contributed by atoms with Gasteiger partial charge in [-0.2, -0.15) is 0 Å². The number of aromatic amines is 1. The molecule has 3 N–H and O–H groups in total. The van der Waals surface area contributed by atoms with Crippen molar-refractivity contribution in [3.05, 3.63) is 109 Å². The number of aromatic nitrogens is 2. The van der Waals surface area contributed by atoms with Crippen LogP contribution in [-0.4, -0.2) is 22.1 Å². The summed E-state index contributed by atoms with van der Waals surface area (Å²) in [5.41, 5.74) is 4.63. The predicted molar refractivity (Wildman–Crippen MR) is 161 cm³/mol. The van der Waals surface area contributed by atoms with Crippen LogP contribution in [0, 0.1) is 0 Å². The van der Waals surface area contributed by atoms with E-state index in [2.05, 4.69) is 108 Å². The van der Waals surface area contributed by atoms with Crippen molar-refractivity contribution in [2.45, 2.75) is 38.9 Å². The molecule has 0 aliphatic rings. The first-order valence-corrected chi connectivity index (χ1v) is 14.2. The highest BCUT2D eigenvalue weighted by molar-refractivity contribution is 9.11. The molecule has 0 saturated heterocycles. The van der Waals surface area contributed by atoms with Gasteiger partial charge >= 0.3 is 0 Å². The predicted octanol–water partition coefficient (Wildman–Crippen LogP) is 7.43. The smallest absolute Gasteiger partial charge is 0.191 e. The summed E-state index contributed by atoms with van der Waals surface area (Å²) < 4.78 is 4.46. The van der Waals surface area contributed by atoms with Crippen molar-refractivity contribution < 1.29 is 0 Å². The van der Waals surface area contributed by atoms with Crippen LogP contribution in [0.1, 0.15) is 30.9 Å². The van der Waals surface area contributed by atoms with Crippen molar-refractivity contribution in [1.29, 1.82) is 0 Å². The molecule has 37 heavy (non-hydrogen) atoms. The summed E-state index contributed by atoms with van der Waals surface area (Å²) in [6, 6.07) is 24.5. The number of H-pyrrole nitrogens is 1. The van der Waals surface area contributed by atoms with E-state index in [1.54, 1.807) is 6.07 Å². The average Bonchev–Trinajstić information content (AvgIpc) is 3.22. The van der Waals surface area contributed by atoms with Crippen LogP contribution < -0.4 is 16.1 Å². The van der Waals surface area contributed by atoms with Gasteiger partial charge in [0, 0.05) is 63.2 Å². The molecule has 0 spiro atoms. The van der Waals surface area contributed by atoms with Crippen LogP contribution in [0.25, 0.3) is 21.8 Å². The van der Waals surface area contributed by atoms with Gasteiger partial charge < -0.3 is 20.2 Å². The zero-order chi connectivity index (χ0) is 25.8. The number of nitrogens with one attached hydrogen (secondary N) is 3. The first-order chi connectivity index (χ1) is 18.0. The lowest BCUT2D eigenvalue weighted by Crippen LogP contribution is -2.35. The van der Waals surface area contributed by atoms with E-state index in [-0.39, 0.29) is 11.5 Å². The SMILES string of the molecule is CCCC(CNc1cc(=O)c2ccccc2[nH]1)NCc1cn(Cc2cc(Br)cc(Br)c2)c2ccccc12. The minimum atomic E-state index is 0.0298. The van der Waals surface area contributed by atoms with Crippen molar-refractivity contribution in [2.24, 2.45) is 0 Å². The third-order valence-electron chi connectivity index (χ3n) is 6.64. The van der Waals surface area contributed by atoms with Gasteiger partial charge in [0.15, 0.2) is 5.43 Å². The number of halogens is 2. The average molecular weight is 622 g/mol. The lowest BCUT2D eigenvalue weighted by molar-refractivity contribution is 0.492. The minimum Gasteiger partial charge on any atom is -0.370 e. The van der Waals surface area contributed by atoms with Gasteiger partial charge in [-0.1, -0.05) is 75.5 Å². The van der Waals surface area contributed by atoms with E-state index in [1.165, 1.54) is 22.0 Å². The number of hydrogen-bond donors (Lipinski definition) is 3. The largest absolute Gasteiger partial charge is 0.370 e. The minimum absolute atomic E-state index is 0.0298. The topological polar surface area (TPSA) is 61.9 Å². The van der Waals surface area contributed by atoms with Crippen LogP contribution in [0.15, 0.2) is 92.7 Å². The molecule has 5 rings (SSSR count). The fraction of sp³-hybridized carbons (Fsp3) is 0.233. The molecule has 190 valence electrons. The van der Waals surface area contributed by atoms with Crippen molar-refractivity contribution in [1.82, 2.24) is 14.9 Å². The number of fused-ring (bicyclic) bond motifs is 2. The van der Waals surface area contributed by atoms with E-state index in [1.807, 2.05) is 24.3 Å². The van der Waals surface area contributed by atoms with Crippen LogP contribution in [0.4, 0.5) is 5.82 Å². The highest BCUT2D eigenvalue weighted by atomic mass is 79.9. The molecular weight excluding hydrogens is 592 g/mol. The third kappa shape index (κ3) is 6.17. The standard InChI is InChI=1S/C30H30Br2N4O/c1-2-7-24(17-34-30-15-29(37)26-9-3-5-10-27(26)35-30)33-16-21-19-36(28-11-6-4-8-25(21)28)18-20-12-22(31)14-23(32)13-20/h3-6,8-15,19,24,33H,2,7,16-18H2,1H3,(H2,34,35,37). The van der Waals surface area contributed by atoms with E-state index in [9.17, 15) is 4.79 Å². The lowest BCUT2D eigenvalue weighted by atomic mass is 10.1. The molecule has 0 bridgehead atoms. The molecule has 0 amide bonds. The Kier molecular flexibility index (Phi) is 8.13. The number of para-hydroxylation sites is 2. The zero-order valence-corrected chi connectivity index (χ0v) is 23.9. The van der Waals surface area contributed by atoms with Crippen LogP contribution in [-0.2, 0) is 13.1 Å². The first-order valence-electron chi connectivity index (χ1n) is 12.6. The van der Waals surface area contributed by atoms with Gasteiger partial charge in [0.1, 0.15) is 5.82 Å². The van der Waals surface area contributed by atoms with Gasteiger partial charge in [-0.25, -0.2) is 0 Å². The third-order valence-corrected chi connectivity index (χ3v) is 7.56. The Morgan fingerprint density at radius 1 is 0.946 bits per heavy atom. The summed E-state index contributed by atoms with van der Waals surface area (Å²) in [5, 5.41) is 9.20. The summed E-state index contributed by atoms with van der Waals surface area (Å²) in [6.45, 7) is 4.51. The highest BCUT2D eigenvalue weighted by Gasteiger charge is 2.13. The van der Waals surface area contributed by atoms with Crippen LogP contribution in [0.2, 0.25) is 0 Å². The molecule has 0 aliphatic carbocycles. The summed E-state index contributed by atoms with van der Waals surface area (Å²) in [4.78, 5) is 15.8. The molecule has 1 atom stereocenters. The number of anilines is 1. The van der Waals surface area contributed by atoms with Gasteiger partial charge in [-0.3, -0.25) is 4.79 Å². The van der Waals surface area contributed by atoms with Gasteiger partial charge in [-0.15, -0.1) is 0 Å². The van der Waals surface area contributed by atoms with Gasteiger partial charge in [0.25, 0.3) is 0 Å². The Hall–Kier alpha value is -2.87.